The Morgan fingerprint density at radius 2 is 1.91 bits per heavy atom. The van der Waals surface area contributed by atoms with E-state index in [0.717, 1.165) is 33.3 Å². The summed E-state index contributed by atoms with van der Waals surface area (Å²) in [5.41, 5.74) is 8.13. The summed E-state index contributed by atoms with van der Waals surface area (Å²) < 4.78 is 5.89. The van der Waals surface area contributed by atoms with E-state index >= 15 is 0 Å². The average Bonchev–Trinajstić information content (AvgIpc) is 3.49. The van der Waals surface area contributed by atoms with Gasteiger partial charge < -0.3 is 9.72 Å². The molecule has 0 saturated heterocycles. The van der Waals surface area contributed by atoms with Gasteiger partial charge in [-0.15, -0.1) is 0 Å². The first kappa shape index (κ1) is 22.4. The number of aromatic amines is 2. The Kier molecular flexibility index (Phi) is 6.32. The molecule has 2 heterocycles. The summed E-state index contributed by atoms with van der Waals surface area (Å²) in [6, 6.07) is 24.7. The van der Waals surface area contributed by atoms with Crippen molar-refractivity contribution in [2.24, 2.45) is 5.10 Å². The van der Waals surface area contributed by atoms with Gasteiger partial charge in [0, 0.05) is 38.3 Å². The molecule has 1 amide bonds. The minimum Gasteiger partial charge on any atom is -0.489 e. The molecule has 3 aromatic carbocycles. The molecule has 0 saturated carbocycles. The van der Waals surface area contributed by atoms with Gasteiger partial charge in [-0.25, -0.2) is 5.43 Å². The number of carbonyl (C=O) groups excluding carboxylic acids is 1. The number of nitrogens with one attached hydrogen (secondary N) is 3. The first-order valence-corrected chi connectivity index (χ1v) is 11.4. The van der Waals surface area contributed by atoms with E-state index in [-0.39, 0.29) is 5.91 Å². The number of carbonyl (C=O) groups is 1. The second-order valence-electron chi connectivity index (χ2n) is 7.98. The molecular formula is C27H22ClN5O2. The van der Waals surface area contributed by atoms with Crippen LogP contribution in [0.15, 0.2) is 84.0 Å². The number of amides is 1. The van der Waals surface area contributed by atoms with Crippen LogP contribution < -0.4 is 10.2 Å². The molecule has 0 aliphatic carbocycles. The van der Waals surface area contributed by atoms with Gasteiger partial charge in [-0.05, 0) is 37.3 Å². The van der Waals surface area contributed by atoms with E-state index in [2.05, 4.69) is 25.7 Å². The maximum Gasteiger partial charge on any atom is 0.289 e. The van der Waals surface area contributed by atoms with E-state index in [9.17, 15) is 4.79 Å². The summed E-state index contributed by atoms with van der Waals surface area (Å²) in [5.74, 6) is 0.290. The smallest absolute Gasteiger partial charge is 0.289 e. The Balaban J connectivity index is 1.25. The SMILES string of the molecule is Cc1[nH]c2ccccc2c1/C=N\NC(=O)c1cc(-c2cccc(OCc3ccccc3Cl)c2)n[nH]1. The highest BCUT2D eigenvalue weighted by Crippen LogP contribution is 2.25. The van der Waals surface area contributed by atoms with E-state index in [4.69, 9.17) is 16.3 Å². The maximum atomic E-state index is 12.6. The van der Waals surface area contributed by atoms with Crippen LogP contribution in [0.5, 0.6) is 5.75 Å². The van der Waals surface area contributed by atoms with Crippen LogP contribution in [0.4, 0.5) is 0 Å². The monoisotopic (exact) mass is 483 g/mol. The fraction of sp³-hybridized carbons (Fsp3) is 0.0741. The van der Waals surface area contributed by atoms with Crippen molar-refractivity contribution in [3.05, 3.63) is 106 Å². The molecule has 0 radical (unpaired) electrons. The van der Waals surface area contributed by atoms with Crippen LogP contribution in [0, 0.1) is 6.92 Å². The highest BCUT2D eigenvalue weighted by atomic mass is 35.5. The summed E-state index contributed by atoms with van der Waals surface area (Å²) in [5, 5.41) is 12.9. The predicted octanol–water partition coefficient (Wildman–Crippen LogP) is 5.86. The standard InChI is InChI=1S/C27H22ClN5O2/c1-17-22(21-10-3-5-12-24(21)30-17)15-29-33-27(34)26-14-25(31-32-26)18-8-6-9-20(13-18)35-16-19-7-2-4-11-23(19)28/h2-15,30H,16H2,1H3,(H,31,32)(H,33,34)/b29-15-. The van der Waals surface area contributed by atoms with Crippen LogP contribution in [0.1, 0.15) is 27.3 Å². The third-order valence-corrected chi connectivity index (χ3v) is 5.98. The number of nitrogens with zero attached hydrogens (tertiary/aromatic N) is 2. The first-order chi connectivity index (χ1) is 17.1. The van der Waals surface area contributed by atoms with Crippen LogP contribution in [-0.4, -0.2) is 27.3 Å². The molecule has 5 aromatic rings. The number of halogens is 1. The Hall–Kier alpha value is -4.36. The van der Waals surface area contributed by atoms with E-state index in [0.29, 0.717) is 28.8 Å². The zero-order valence-electron chi connectivity index (χ0n) is 18.9. The lowest BCUT2D eigenvalue weighted by atomic mass is 10.1. The Labute approximate surface area is 206 Å². The van der Waals surface area contributed by atoms with Crippen molar-refractivity contribution in [1.82, 2.24) is 20.6 Å². The number of ether oxygens (including phenoxy) is 1. The molecule has 7 nitrogen and oxygen atoms in total. The maximum absolute atomic E-state index is 12.6. The number of fused-ring (bicyclic) bond motifs is 1. The van der Waals surface area contributed by atoms with Crippen LogP contribution in [0.25, 0.3) is 22.2 Å². The van der Waals surface area contributed by atoms with Crippen molar-refractivity contribution >= 4 is 34.6 Å². The third-order valence-electron chi connectivity index (χ3n) is 5.61. The molecule has 174 valence electrons. The molecule has 35 heavy (non-hydrogen) atoms. The largest absolute Gasteiger partial charge is 0.489 e. The lowest BCUT2D eigenvalue weighted by Crippen LogP contribution is -2.18. The predicted molar refractivity (Wildman–Crippen MR) is 138 cm³/mol. The van der Waals surface area contributed by atoms with Gasteiger partial charge in [-0.1, -0.05) is 60.1 Å². The summed E-state index contributed by atoms with van der Waals surface area (Å²) in [6.07, 6.45) is 1.64. The second kappa shape index (κ2) is 9.87. The summed E-state index contributed by atoms with van der Waals surface area (Å²) in [7, 11) is 0. The number of hydrogen-bond acceptors (Lipinski definition) is 4. The van der Waals surface area contributed by atoms with Gasteiger partial charge in [0.1, 0.15) is 18.1 Å². The number of aromatic nitrogens is 3. The number of rotatable bonds is 7. The van der Waals surface area contributed by atoms with Crippen molar-refractivity contribution in [2.45, 2.75) is 13.5 Å². The third kappa shape index (κ3) is 4.95. The van der Waals surface area contributed by atoms with Crippen LogP contribution in [0.3, 0.4) is 0 Å². The lowest BCUT2D eigenvalue weighted by molar-refractivity contribution is 0.0950. The van der Waals surface area contributed by atoms with Crippen molar-refractivity contribution in [2.75, 3.05) is 0 Å². The molecular weight excluding hydrogens is 462 g/mol. The van der Waals surface area contributed by atoms with E-state index in [1.165, 1.54) is 0 Å². The topological polar surface area (TPSA) is 95.2 Å². The molecule has 0 atom stereocenters. The lowest BCUT2D eigenvalue weighted by Gasteiger charge is -2.08. The minimum absolute atomic E-state index is 0.301. The fourth-order valence-electron chi connectivity index (χ4n) is 3.79. The highest BCUT2D eigenvalue weighted by Gasteiger charge is 2.12. The normalized spacial score (nSPS) is 11.3. The zero-order valence-corrected chi connectivity index (χ0v) is 19.6. The minimum atomic E-state index is -0.386. The molecule has 0 fully saturated rings. The van der Waals surface area contributed by atoms with Crippen LogP contribution >= 0.6 is 11.6 Å². The fourth-order valence-corrected chi connectivity index (χ4v) is 3.98. The van der Waals surface area contributed by atoms with Gasteiger partial charge in [0.15, 0.2) is 0 Å². The summed E-state index contributed by atoms with van der Waals surface area (Å²) in [6.45, 7) is 2.32. The average molecular weight is 484 g/mol. The number of hydrogen-bond donors (Lipinski definition) is 3. The van der Waals surface area contributed by atoms with E-state index in [1.807, 2.05) is 79.7 Å². The molecule has 2 aromatic heterocycles. The van der Waals surface area contributed by atoms with E-state index in [1.54, 1.807) is 12.3 Å². The molecule has 0 aliphatic heterocycles. The number of H-pyrrole nitrogens is 2. The van der Waals surface area contributed by atoms with Gasteiger partial charge in [-0.2, -0.15) is 10.2 Å². The summed E-state index contributed by atoms with van der Waals surface area (Å²) in [4.78, 5) is 15.9. The van der Waals surface area contributed by atoms with Crippen LogP contribution in [0.2, 0.25) is 5.02 Å². The Morgan fingerprint density at radius 3 is 2.80 bits per heavy atom. The number of benzene rings is 3. The van der Waals surface area contributed by atoms with Gasteiger partial charge in [0.25, 0.3) is 5.91 Å². The summed E-state index contributed by atoms with van der Waals surface area (Å²) >= 11 is 6.21. The van der Waals surface area contributed by atoms with Gasteiger partial charge in [-0.3, -0.25) is 9.89 Å². The number of aryl methyl sites for hydroxylation is 1. The number of hydrazone groups is 1. The quantitative estimate of drug-likeness (QED) is 0.200. The van der Waals surface area contributed by atoms with Crippen LogP contribution in [-0.2, 0) is 6.61 Å². The van der Waals surface area contributed by atoms with Crippen molar-refractivity contribution in [3.63, 3.8) is 0 Å². The zero-order chi connectivity index (χ0) is 24.2. The van der Waals surface area contributed by atoms with Gasteiger partial charge in [0.05, 0.1) is 11.9 Å². The molecule has 0 aliphatic rings. The first-order valence-electron chi connectivity index (χ1n) is 11.0. The van der Waals surface area contributed by atoms with E-state index < -0.39 is 0 Å². The second-order valence-corrected chi connectivity index (χ2v) is 8.39. The number of para-hydroxylation sites is 1. The molecule has 8 heteroatoms. The Morgan fingerprint density at radius 1 is 1.09 bits per heavy atom. The highest BCUT2D eigenvalue weighted by molar-refractivity contribution is 6.31. The molecule has 3 N–H and O–H groups in total. The van der Waals surface area contributed by atoms with Crippen molar-refractivity contribution in [1.29, 1.82) is 0 Å². The molecule has 5 rings (SSSR count). The molecule has 0 unspecified atom stereocenters. The van der Waals surface area contributed by atoms with Gasteiger partial charge >= 0.3 is 0 Å². The van der Waals surface area contributed by atoms with Crippen molar-refractivity contribution < 1.29 is 9.53 Å². The Bertz CT molecular complexity index is 1540. The van der Waals surface area contributed by atoms with Crippen molar-refractivity contribution in [3.8, 4) is 17.0 Å². The molecule has 0 spiro atoms. The molecule has 0 bridgehead atoms. The van der Waals surface area contributed by atoms with Gasteiger partial charge in [0.2, 0.25) is 0 Å².